The summed E-state index contributed by atoms with van der Waals surface area (Å²) in [6.07, 6.45) is 2.07. The summed E-state index contributed by atoms with van der Waals surface area (Å²) in [5.74, 6) is 0. The summed E-state index contributed by atoms with van der Waals surface area (Å²) < 4.78 is 0. The van der Waals surface area contributed by atoms with E-state index in [1.165, 1.54) is 27.7 Å². The van der Waals surface area contributed by atoms with Gasteiger partial charge in [0.15, 0.2) is 5.11 Å². The van der Waals surface area contributed by atoms with Crippen molar-refractivity contribution in [3.63, 3.8) is 0 Å². The second-order valence-corrected chi connectivity index (χ2v) is 5.65. The van der Waals surface area contributed by atoms with E-state index in [1.807, 2.05) is 0 Å². The third-order valence-electron chi connectivity index (χ3n) is 3.72. The van der Waals surface area contributed by atoms with Crippen molar-refractivity contribution < 1.29 is 0 Å². The molecule has 0 saturated carbocycles. The van der Waals surface area contributed by atoms with Crippen molar-refractivity contribution in [3.05, 3.63) is 35.0 Å². The van der Waals surface area contributed by atoms with Gasteiger partial charge < -0.3 is 15.6 Å². The Hall–Kier alpha value is -1.55. The molecule has 1 aliphatic rings. The zero-order chi connectivity index (χ0) is 13.4. The number of rotatable bonds is 2. The molecule has 3 nitrogen and oxygen atoms in total. The normalized spacial score (nSPS) is 17.5. The van der Waals surface area contributed by atoms with Crippen LogP contribution in [0.15, 0.2) is 18.2 Å². The molecule has 0 spiro atoms. The summed E-state index contributed by atoms with van der Waals surface area (Å²) in [5.41, 5.74) is 5.38. The van der Waals surface area contributed by atoms with Crippen LogP contribution < -0.4 is 10.6 Å². The Morgan fingerprint density at radius 3 is 3.05 bits per heavy atom. The second-order valence-electron chi connectivity index (χ2n) is 5.24. The number of aromatic amines is 1. The van der Waals surface area contributed by atoms with E-state index in [2.05, 4.69) is 47.7 Å². The van der Waals surface area contributed by atoms with Crippen molar-refractivity contribution in [1.82, 2.24) is 15.6 Å². The Balaban J connectivity index is 1.81. The van der Waals surface area contributed by atoms with Crippen molar-refractivity contribution >= 4 is 28.2 Å². The van der Waals surface area contributed by atoms with E-state index in [0.29, 0.717) is 6.04 Å². The number of hydrogen-bond donors (Lipinski definition) is 3. The highest BCUT2D eigenvalue weighted by atomic mass is 32.1. The quantitative estimate of drug-likeness (QED) is 0.736. The SMILES string of the molecule is CCNC(=S)NC1Cc2[nH]c3ccc(C)cc3c2C1. The lowest BCUT2D eigenvalue weighted by Gasteiger charge is -2.15. The second kappa shape index (κ2) is 4.85. The first kappa shape index (κ1) is 12.5. The molecule has 0 amide bonds. The number of aryl methyl sites for hydroxylation is 1. The zero-order valence-electron chi connectivity index (χ0n) is 11.3. The molecule has 0 fully saturated rings. The van der Waals surface area contributed by atoms with Crippen LogP contribution >= 0.6 is 12.2 Å². The standard InChI is InChI=1S/C15H19N3S/c1-3-16-15(19)17-10-7-12-11-6-9(2)4-5-13(11)18-14(12)8-10/h4-6,10,18H,3,7-8H2,1-2H3,(H2,16,17,19). The third kappa shape index (κ3) is 2.32. The van der Waals surface area contributed by atoms with E-state index in [1.54, 1.807) is 0 Å². The van der Waals surface area contributed by atoms with E-state index in [9.17, 15) is 0 Å². The molecule has 0 saturated heterocycles. The first-order valence-corrected chi connectivity index (χ1v) is 7.22. The van der Waals surface area contributed by atoms with E-state index in [4.69, 9.17) is 12.2 Å². The number of H-pyrrole nitrogens is 1. The predicted octanol–water partition coefficient (Wildman–Crippen LogP) is 2.43. The molecule has 100 valence electrons. The summed E-state index contributed by atoms with van der Waals surface area (Å²) in [5, 5.41) is 8.67. The minimum Gasteiger partial charge on any atom is -0.363 e. The van der Waals surface area contributed by atoms with Crippen molar-refractivity contribution in [2.24, 2.45) is 0 Å². The molecule has 4 heteroatoms. The van der Waals surface area contributed by atoms with Crippen molar-refractivity contribution in [2.75, 3.05) is 6.54 Å². The van der Waals surface area contributed by atoms with Crippen LogP contribution in [-0.2, 0) is 12.8 Å². The Kier molecular flexibility index (Phi) is 3.19. The maximum absolute atomic E-state index is 5.26. The van der Waals surface area contributed by atoms with Crippen LogP contribution in [0.3, 0.4) is 0 Å². The minimum atomic E-state index is 0.415. The lowest BCUT2D eigenvalue weighted by Crippen LogP contribution is -2.42. The first-order chi connectivity index (χ1) is 9.17. The summed E-state index contributed by atoms with van der Waals surface area (Å²) in [4.78, 5) is 3.53. The number of fused-ring (bicyclic) bond motifs is 3. The summed E-state index contributed by atoms with van der Waals surface area (Å²) >= 11 is 5.26. The molecule has 0 aliphatic heterocycles. The van der Waals surface area contributed by atoms with Gasteiger partial charge in [0.1, 0.15) is 0 Å². The molecule has 0 bridgehead atoms. The molecule has 3 rings (SSSR count). The number of hydrogen-bond acceptors (Lipinski definition) is 1. The predicted molar refractivity (Wildman–Crippen MR) is 83.6 cm³/mol. The summed E-state index contributed by atoms with van der Waals surface area (Å²) in [6, 6.07) is 7.02. The van der Waals surface area contributed by atoms with E-state index in [-0.39, 0.29) is 0 Å². The topological polar surface area (TPSA) is 39.8 Å². The monoisotopic (exact) mass is 273 g/mol. The Labute approximate surface area is 118 Å². The van der Waals surface area contributed by atoms with Gasteiger partial charge in [0.2, 0.25) is 0 Å². The van der Waals surface area contributed by atoms with Crippen molar-refractivity contribution in [1.29, 1.82) is 0 Å². The lowest BCUT2D eigenvalue weighted by atomic mass is 10.1. The van der Waals surface area contributed by atoms with Gasteiger partial charge in [-0.05, 0) is 50.2 Å². The molecule has 1 heterocycles. The molecule has 19 heavy (non-hydrogen) atoms. The number of benzene rings is 1. The zero-order valence-corrected chi connectivity index (χ0v) is 12.2. The number of aromatic nitrogens is 1. The molecule has 1 unspecified atom stereocenters. The van der Waals surface area contributed by atoms with Crippen LogP contribution in [0.4, 0.5) is 0 Å². The molecular weight excluding hydrogens is 254 g/mol. The highest BCUT2D eigenvalue weighted by Gasteiger charge is 2.25. The summed E-state index contributed by atoms with van der Waals surface area (Å²) in [6.45, 7) is 5.07. The molecular formula is C15H19N3S. The van der Waals surface area contributed by atoms with E-state index < -0.39 is 0 Å². The van der Waals surface area contributed by atoms with Gasteiger partial charge in [0, 0.05) is 35.6 Å². The average molecular weight is 273 g/mol. The fraction of sp³-hybridized carbons (Fsp3) is 0.400. The molecule has 1 aromatic carbocycles. The number of thiocarbonyl (C=S) groups is 1. The average Bonchev–Trinajstić information content (AvgIpc) is 2.87. The maximum Gasteiger partial charge on any atom is 0.166 e. The highest BCUT2D eigenvalue weighted by molar-refractivity contribution is 7.80. The van der Waals surface area contributed by atoms with Gasteiger partial charge in [0.25, 0.3) is 0 Å². The molecule has 2 aromatic rings. The minimum absolute atomic E-state index is 0.415. The van der Waals surface area contributed by atoms with E-state index >= 15 is 0 Å². The number of nitrogens with one attached hydrogen (secondary N) is 3. The van der Waals surface area contributed by atoms with E-state index in [0.717, 1.165) is 24.5 Å². The maximum atomic E-state index is 5.26. The fourth-order valence-electron chi connectivity index (χ4n) is 2.89. The first-order valence-electron chi connectivity index (χ1n) is 6.82. The van der Waals surface area contributed by atoms with Crippen LogP contribution in [0.25, 0.3) is 10.9 Å². The van der Waals surface area contributed by atoms with Crippen molar-refractivity contribution in [2.45, 2.75) is 32.7 Å². The largest absolute Gasteiger partial charge is 0.363 e. The van der Waals surface area contributed by atoms with Gasteiger partial charge in [-0.3, -0.25) is 0 Å². The fourth-order valence-corrected chi connectivity index (χ4v) is 3.20. The van der Waals surface area contributed by atoms with Gasteiger partial charge in [-0.2, -0.15) is 0 Å². The van der Waals surface area contributed by atoms with Crippen molar-refractivity contribution in [3.8, 4) is 0 Å². The smallest absolute Gasteiger partial charge is 0.166 e. The lowest BCUT2D eigenvalue weighted by molar-refractivity contribution is 0.632. The molecule has 0 radical (unpaired) electrons. The summed E-state index contributed by atoms with van der Waals surface area (Å²) in [7, 11) is 0. The van der Waals surface area contributed by atoms with Gasteiger partial charge in [-0.25, -0.2) is 0 Å². The highest BCUT2D eigenvalue weighted by Crippen LogP contribution is 2.30. The molecule has 1 aliphatic carbocycles. The van der Waals surface area contributed by atoms with Gasteiger partial charge in [0.05, 0.1) is 0 Å². The van der Waals surface area contributed by atoms with Gasteiger partial charge >= 0.3 is 0 Å². The third-order valence-corrected chi connectivity index (χ3v) is 3.99. The Morgan fingerprint density at radius 2 is 2.26 bits per heavy atom. The van der Waals surface area contributed by atoms with Crippen LogP contribution in [-0.4, -0.2) is 22.7 Å². The molecule has 1 aromatic heterocycles. The molecule has 1 atom stereocenters. The Bertz CT molecular complexity index is 630. The Morgan fingerprint density at radius 1 is 1.42 bits per heavy atom. The van der Waals surface area contributed by atoms with Gasteiger partial charge in [-0.15, -0.1) is 0 Å². The van der Waals surface area contributed by atoms with Crippen LogP contribution in [0.2, 0.25) is 0 Å². The van der Waals surface area contributed by atoms with Crippen LogP contribution in [0.1, 0.15) is 23.7 Å². The van der Waals surface area contributed by atoms with Crippen LogP contribution in [0.5, 0.6) is 0 Å². The molecule has 3 N–H and O–H groups in total. The van der Waals surface area contributed by atoms with Crippen LogP contribution in [0, 0.1) is 6.92 Å². The van der Waals surface area contributed by atoms with Gasteiger partial charge in [-0.1, -0.05) is 11.6 Å².